The maximum atomic E-state index is 14.5. The van der Waals surface area contributed by atoms with Crippen LogP contribution in [0.5, 0.6) is 5.75 Å². The molecule has 1 saturated heterocycles. The first-order valence-corrected chi connectivity index (χ1v) is 17.3. The summed E-state index contributed by atoms with van der Waals surface area (Å²) in [7, 11) is 1.49. The highest BCUT2D eigenvalue weighted by atomic mass is 35.5. The first-order chi connectivity index (χ1) is 23.3. The lowest BCUT2D eigenvalue weighted by Crippen LogP contribution is -2.50. The highest BCUT2D eigenvalue weighted by Gasteiger charge is 2.42. The molecule has 6 rings (SSSR count). The van der Waals surface area contributed by atoms with Crippen LogP contribution in [0.3, 0.4) is 0 Å². The van der Waals surface area contributed by atoms with Crippen LogP contribution in [0.4, 0.5) is 19.3 Å². The summed E-state index contributed by atoms with van der Waals surface area (Å²) in [4.78, 5) is 48.4. The average molecular weight is 753 g/mol. The maximum Gasteiger partial charge on any atom is 0.362 e. The van der Waals surface area contributed by atoms with Gasteiger partial charge >= 0.3 is 11.4 Å². The number of fused-ring (bicyclic) bond motifs is 1. The number of carbonyl (C=O) groups is 2. The predicted molar refractivity (Wildman–Crippen MR) is 181 cm³/mol. The number of aliphatic hydroxyl groups excluding tert-OH is 1. The number of nitriles is 1. The summed E-state index contributed by atoms with van der Waals surface area (Å²) in [5.74, 6) is -0.415. The topological polar surface area (TPSA) is 130 Å². The van der Waals surface area contributed by atoms with Crippen molar-refractivity contribution in [3.63, 3.8) is 0 Å². The highest BCUT2D eigenvalue weighted by Crippen LogP contribution is 2.48. The number of aromatic nitrogens is 1. The molecule has 10 nitrogen and oxygen atoms in total. The number of hydrogen-bond acceptors (Lipinski definition) is 7. The van der Waals surface area contributed by atoms with Gasteiger partial charge in [0.15, 0.2) is 0 Å². The Morgan fingerprint density at radius 3 is 2.59 bits per heavy atom. The van der Waals surface area contributed by atoms with E-state index in [1.165, 1.54) is 24.1 Å². The van der Waals surface area contributed by atoms with Crippen LogP contribution < -0.4 is 15.2 Å². The summed E-state index contributed by atoms with van der Waals surface area (Å²) < 4.78 is 34.5. The number of aromatic amines is 1. The summed E-state index contributed by atoms with van der Waals surface area (Å²) in [5.41, 5.74) is 0.131. The summed E-state index contributed by atoms with van der Waals surface area (Å²) in [6, 6.07) is 6.95. The largest absolute Gasteiger partial charge is 0.494 e. The number of amides is 3. The van der Waals surface area contributed by atoms with Crippen LogP contribution in [0.1, 0.15) is 70.0 Å². The Kier molecular flexibility index (Phi) is 9.82. The van der Waals surface area contributed by atoms with Gasteiger partial charge in [0.25, 0.3) is 11.5 Å². The van der Waals surface area contributed by atoms with Crippen LogP contribution in [0, 0.1) is 18.3 Å². The van der Waals surface area contributed by atoms with E-state index in [-0.39, 0.29) is 50.4 Å². The maximum absolute atomic E-state index is 14.5. The van der Waals surface area contributed by atoms with Crippen LogP contribution in [0.15, 0.2) is 38.9 Å². The number of nitrogens with one attached hydrogen (secondary N) is 1. The Hall–Kier alpha value is -3.54. The summed E-state index contributed by atoms with van der Waals surface area (Å²) in [6.07, 6.45) is 2.52. The third-order valence-corrected chi connectivity index (χ3v) is 11.3. The lowest BCUT2D eigenvalue weighted by Gasteiger charge is -2.37. The van der Waals surface area contributed by atoms with Crippen molar-refractivity contribution < 1.29 is 28.2 Å². The fourth-order valence-corrected chi connectivity index (χ4v) is 8.41. The van der Waals surface area contributed by atoms with Gasteiger partial charge in [-0.25, -0.2) is 4.79 Å². The molecule has 258 valence electrons. The molecule has 3 heterocycles. The molecule has 1 aromatic heterocycles. The van der Waals surface area contributed by atoms with E-state index in [9.17, 15) is 33.5 Å². The van der Waals surface area contributed by atoms with Crippen LogP contribution in [-0.4, -0.2) is 58.1 Å². The van der Waals surface area contributed by atoms with Crippen LogP contribution >= 0.6 is 46.6 Å². The summed E-state index contributed by atoms with van der Waals surface area (Å²) >= 11 is 18.9. The van der Waals surface area contributed by atoms with Gasteiger partial charge in [-0.15, -0.1) is 0 Å². The number of carbonyl (C=O) groups excluding carboxylic acids is 2. The molecule has 2 aromatic carbocycles. The number of rotatable bonds is 9. The zero-order valence-electron chi connectivity index (χ0n) is 26.3. The Balaban J connectivity index is 1.45. The summed E-state index contributed by atoms with van der Waals surface area (Å²) in [5, 5.41) is 15.7. The molecule has 1 aliphatic carbocycles. The molecular formula is C33H30Cl3F2N5O5S. The van der Waals surface area contributed by atoms with E-state index in [4.69, 9.17) is 39.5 Å². The molecule has 3 amide bonds. The molecule has 3 aromatic rings. The Labute approximate surface area is 299 Å². The second-order valence-electron chi connectivity index (χ2n) is 12.0. The summed E-state index contributed by atoms with van der Waals surface area (Å²) in [6.45, 7) is 2.42. The van der Waals surface area contributed by atoms with Crippen molar-refractivity contribution in [1.29, 1.82) is 5.26 Å². The van der Waals surface area contributed by atoms with Gasteiger partial charge < -0.3 is 24.6 Å². The molecule has 0 spiro atoms. The number of alkyl halides is 3. The highest BCUT2D eigenvalue weighted by molar-refractivity contribution is 7.99. The molecule has 0 bridgehead atoms. The first kappa shape index (κ1) is 35.3. The van der Waals surface area contributed by atoms with Crippen LogP contribution in [-0.2, 0) is 18.5 Å². The SMILES string of the molecule is COc1c(N2CCCN(C3CC3)C2=O)cc2c(c1C)C(CC#N)N(C(=O)c1c(Sc3c(Cl)ccc(CO)c3Cl)cc(C(F)(F)Cl)[nH]c1=O)C2. The molecule has 3 aliphatic rings. The number of pyridine rings is 1. The molecule has 1 saturated carbocycles. The van der Waals surface area contributed by atoms with Crippen molar-refractivity contribution in [2.45, 2.75) is 73.0 Å². The quantitative estimate of drug-likeness (QED) is 0.219. The van der Waals surface area contributed by atoms with Crippen molar-refractivity contribution >= 4 is 64.2 Å². The number of anilines is 1. The van der Waals surface area contributed by atoms with E-state index in [1.54, 1.807) is 17.9 Å². The zero-order valence-corrected chi connectivity index (χ0v) is 29.4. The molecule has 2 fully saturated rings. The van der Waals surface area contributed by atoms with E-state index >= 15 is 0 Å². The number of ether oxygens (including phenoxy) is 1. The number of hydrogen-bond donors (Lipinski definition) is 2. The van der Waals surface area contributed by atoms with Crippen molar-refractivity contribution in [3.05, 3.63) is 78.2 Å². The van der Waals surface area contributed by atoms with E-state index in [0.717, 1.165) is 25.3 Å². The smallest absolute Gasteiger partial charge is 0.362 e. The molecule has 0 radical (unpaired) electrons. The van der Waals surface area contributed by atoms with Gasteiger partial charge in [0.1, 0.15) is 17.0 Å². The minimum Gasteiger partial charge on any atom is -0.494 e. The minimum absolute atomic E-state index is 0.0107. The van der Waals surface area contributed by atoms with Crippen molar-refractivity contribution in [3.8, 4) is 11.8 Å². The fraction of sp³-hybridized carbons (Fsp3) is 0.394. The van der Waals surface area contributed by atoms with Crippen molar-refractivity contribution in [1.82, 2.24) is 14.8 Å². The molecule has 1 unspecified atom stereocenters. The third-order valence-electron chi connectivity index (χ3n) is 9.00. The molecule has 2 aliphatic heterocycles. The average Bonchev–Trinajstić information content (AvgIpc) is 3.83. The molecule has 49 heavy (non-hydrogen) atoms. The molecule has 2 N–H and O–H groups in total. The predicted octanol–water partition coefficient (Wildman–Crippen LogP) is 7.34. The standard InChI is InChI=1S/C33H30Cl3F2N5O5S/c1-16-25-18(12-22(28(16)48-2)42-11-3-10-41(32(42)47)19-5-6-19)14-43(21(25)8-9-39)31(46)26-23(13-24(33(36,37)38)40-30(26)45)49-29-20(34)7-4-17(15-44)27(29)35/h4,7,12-13,19,21,44H,3,5-6,8,10-11,14-15H2,1-2H3,(H,40,45). The first-order valence-electron chi connectivity index (χ1n) is 15.4. The van der Waals surface area contributed by atoms with Crippen molar-refractivity contribution in [2.24, 2.45) is 0 Å². The number of benzene rings is 2. The van der Waals surface area contributed by atoms with Crippen LogP contribution in [0.2, 0.25) is 10.0 Å². The van der Waals surface area contributed by atoms with Crippen LogP contribution in [0.25, 0.3) is 0 Å². The van der Waals surface area contributed by atoms with Crippen molar-refractivity contribution in [2.75, 3.05) is 25.1 Å². The number of nitrogens with zero attached hydrogens (tertiary/aromatic N) is 4. The Morgan fingerprint density at radius 1 is 1.22 bits per heavy atom. The van der Waals surface area contributed by atoms with Gasteiger partial charge in [0, 0.05) is 35.5 Å². The number of urea groups is 1. The van der Waals surface area contributed by atoms with Gasteiger partial charge in [-0.05, 0) is 78.2 Å². The Morgan fingerprint density at radius 2 is 1.96 bits per heavy atom. The third kappa shape index (κ3) is 6.45. The van der Waals surface area contributed by atoms with Gasteiger partial charge in [0.2, 0.25) is 0 Å². The van der Waals surface area contributed by atoms with Gasteiger partial charge in [0.05, 0.1) is 48.0 Å². The monoisotopic (exact) mass is 751 g/mol. The molecule has 16 heteroatoms. The Bertz CT molecular complexity index is 1960. The normalized spacial score (nSPS) is 17.7. The number of H-pyrrole nitrogens is 1. The number of aliphatic hydroxyl groups is 1. The van der Waals surface area contributed by atoms with E-state index in [1.807, 2.05) is 9.88 Å². The van der Waals surface area contributed by atoms with Gasteiger partial charge in [-0.1, -0.05) is 41.0 Å². The van der Waals surface area contributed by atoms with Gasteiger partial charge in [-0.2, -0.15) is 14.0 Å². The molecule has 1 atom stereocenters. The zero-order chi connectivity index (χ0) is 35.4. The second kappa shape index (κ2) is 13.6. The lowest BCUT2D eigenvalue weighted by atomic mass is 9.95. The van der Waals surface area contributed by atoms with E-state index in [0.29, 0.717) is 53.0 Å². The number of methoxy groups -OCH3 is 1. The van der Waals surface area contributed by atoms with E-state index in [2.05, 4.69) is 6.07 Å². The minimum atomic E-state index is -3.99. The van der Waals surface area contributed by atoms with Gasteiger partial charge in [-0.3, -0.25) is 14.5 Å². The molecular weight excluding hydrogens is 723 g/mol. The lowest BCUT2D eigenvalue weighted by molar-refractivity contribution is 0.0684. The van der Waals surface area contributed by atoms with E-state index < -0.39 is 40.8 Å². The number of halogens is 5. The second-order valence-corrected chi connectivity index (χ2v) is 14.3. The fourth-order valence-electron chi connectivity index (χ4n) is 6.59.